The molecular weight excluding hydrogens is 498 g/mol. The highest BCUT2D eigenvalue weighted by atomic mass is 32.2. The van der Waals surface area contributed by atoms with Gasteiger partial charge in [-0.3, -0.25) is 13.9 Å². The van der Waals surface area contributed by atoms with Gasteiger partial charge in [0.1, 0.15) is 12.6 Å². The molecule has 0 heterocycles. The topological polar surface area (TPSA) is 86.8 Å². The van der Waals surface area contributed by atoms with Crippen LogP contribution in [0.3, 0.4) is 0 Å². The molecule has 0 unspecified atom stereocenters. The van der Waals surface area contributed by atoms with Crippen LogP contribution in [0.1, 0.15) is 42.5 Å². The number of aryl methyl sites for hydroxylation is 3. The Morgan fingerprint density at radius 2 is 1.45 bits per heavy atom. The molecule has 1 N–H and O–H groups in total. The van der Waals surface area contributed by atoms with Crippen LogP contribution in [0, 0.1) is 13.8 Å². The molecular formula is C30H37N3O4S. The lowest BCUT2D eigenvalue weighted by atomic mass is 10.1. The van der Waals surface area contributed by atoms with Crippen LogP contribution < -0.4 is 9.62 Å². The molecule has 202 valence electrons. The average molecular weight is 536 g/mol. The lowest BCUT2D eigenvalue weighted by molar-refractivity contribution is -0.140. The lowest BCUT2D eigenvalue weighted by Gasteiger charge is -2.33. The van der Waals surface area contributed by atoms with Crippen LogP contribution in [0.15, 0.2) is 77.7 Å². The summed E-state index contributed by atoms with van der Waals surface area (Å²) in [6.07, 6.45) is 0.973. The quantitative estimate of drug-likeness (QED) is 0.388. The number of hydrogen-bond donors (Lipinski definition) is 1. The van der Waals surface area contributed by atoms with E-state index in [9.17, 15) is 18.0 Å². The zero-order valence-corrected chi connectivity index (χ0v) is 23.6. The average Bonchev–Trinajstić information content (AvgIpc) is 2.92. The zero-order chi connectivity index (χ0) is 27.9. The van der Waals surface area contributed by atoms with Gasteiger partial charge in [-0.1, -0.05) is 79.6 Å². The minimum Gasteiger partial charge on any atom is -0.357 e. The number of likely N-dealkylation sites (N-methyl/N-ethyl adjacent to an activating group) is 1. The van der Waals surface area contributed by atoms with Gasteiger partial charge in [0, 0.05) is 13.6 Å². The molecule has 0 bridgehead atoms. The molecule has 1 atom stereocenters. The van der Waals surface area contributed by atoms with Gasteiger partial charge in [0.15, 0.2) is 0 Å². The van der Waals surface area contributed by atoms with Gasteiger partial charge in [-0.2, -0.15) is 0 Å². The largest absolute Gasteiger partial charge is 0.357 e. The number of para-hydroxylation sites is 1. The van der Waals surface area contributed by atoms with E-state index in [-0.39, 0.29) is 17.3 Å². The summed E-state index contributed by atoms with van der Waals surface area (Å²) in [6, 6.07) is 20.8. The number of rotatable bonds is 11. The number of nitrogens with one attached hydrogen (secondary N) is 1. The van der Waals surface area contributed by atoms with Crippen molar-refractivity contribution >= 4 is 27.5 Å². The first-order valence-corrected chi connectivity index (χ1v) is 14.3. The van der Waals surface area contributed by atoms with Gasteiger partial charge in [0.2, 0.25) is 11.8 Å². The predicted molar refractivity (Wildman–Crippen MR) is 151 cm³/mol. The number of carbonyl (C=O) groups excluding carboxylic acids is 2. The van der Waals surface area contributed by atoms with Crippen LogP contribution >= 0.6 is 0 Å². The van der Waals surface area contributed by atoms with Crippen molar-refractivity contribution in [2.45, 2.75) is 58.0 Å². The van der Waals surface area contributed by atoms with Crippen molar-refractivity contribution in [1.82, 2.24) is 10.2 Å². The second-order valence-corrected chi connectivity index (χ2v) is 11.2. The molecule has 0 aliphatic heterocycles. The summed E-state index contributed by atoms with van der Waals surface area (Å²) in [5, 5.41) is 2.65. The number of carbonyl (C=O) groups is 2. The molecule has 0 fully saturated rings. The summed E-state index contributed by atoms with van der Waals surface area (Å²) in [4.78, 5) is 28.4. The summed E-state index contributed by atoms with van der Waals surface area (Å²) in [5.74, 6) is -0.752. The first-order chi connectivity index (χ1) is 18.1. The summed E-state index contributed by atoms with van der Waals surface area (Å²) in [5.41, 5.74) is 4.12. The Morgan fingerprint density at radius 3 is 2.00 bits per heavy atom. The molecule has 3 aromatic carbocycles. The monoisotopic (exact) mass is 535 g/mol. The van der Waals surface area contributed by atoms with Crippen LogP contribution in [0.5, 0.6) is 0 Å². The van der Waals surface area contributed by atoms with Crippen molar-refractivity contribution in [3.8, 4) is 0 Å². The molecule has 38 heavy (non-hydrogen) atoms. The maximum Gasteiger partial charge on any atom is 0.264 e. The van der Waals surface area contributed by atoms with Gasteiger partial charge in [-0.15, -0.1) is 0 Å². The van der Waals surface area contributed by atoms with E-state index < -0.39 is 28.5 Å². The maximum atomic E-state index is 14.0. The second-order valence-electron chi connectivity index (χ2n) is 9.35. The lowest BCUT2D eigenvalue weighted by Crippen LogP contribution is -2.51. The Balaban J connectivity index is 2.09. The molecule has 0 aliphatic rings. The maximum absolute atomic E-state index is 14.0. The Labute approximate surface area is 226 Å². The van der Waals surface area contributed by atoms with Crippen molar-refractivity contribution < 1.29 is 18.0 Å². The first-order valence-electron chi connectivity index (χ1n) is 12.9. The van der Waals surface area contributed by atoms with Crippen LogP contribution in [0.25, 0.3) is 0 Å². The SMILES string of the molecule is CCc1ccccc1N(CC(=O)N(Cc1ccc(C)cc1)[C@@H](CC)C(=O)NC)S(=O)(=O)c1ccc(C)cc1. The van der Waals surface area contributed by atoms with Gasteiger partial charge in [-0.25, -0.2) is 8.42 Å². The highest BCUT2D eigenvalue weighted by Gasteiger charge is 2.34. The minimum absolute atomic E-state index is 0.102. The molecule has 3 aromatic rings. The molecule has 8 heteroatoms. The van der Waals surface area contributed by atoms with Crippen molar-refractivity contribution in [2.75, 3.05) is 17.9 Å². The Kier molecular flexibility index (Phi) is 9.69. The highest BCUT2D eigenvalue weighted by Crippen LogP contribution is 2.28. The number of amides is 2. The highest BCUT2D eigenvalue weighted by molar-refractivity contribution is 7.92. The molecule has 2 amide bonds. The standard InChI is InChI=1S/C30H37N3O4S/c1-6-25-10-8-9-11-28(25)33(38(36,37)26-18-14-23(4)15-19-26)21-29(34)32(27(7-2)30(35)31-5)20-24-16-12-22(3)13-17-24/h8-19,27H,6-7,20-21H2,1-5H3,(H,31,35)/t27-/m0/s1. The summed E-state index contributed by atoms with van der Waals surface area (Å²) in [6.45, 7) is 7.38. The fourth-order valence-corrected chi connectivity index (χ4v) is 5.83. The van der Waals surface area contributed by atoms with E-state index in [1.807, 2.05) is 64.1 Å². The number of anilines is 1. The molecule has 7 nitrogen and oxygen atoms in total. The van der Waals surface area contributed by atoms with Crippen LogP contribution in [-0.2, 0) is 32.6 Å². The predicted octanol–water partition coefficient (Wildman–Crippen LogP) is 4.61. The van der Waals surface area contributed by atoms with Gasteiger partial charge in [0.25, 0.3) is 10.0 Å². The Hall–Kier alpha value is -3.65. The molecule has 0 aliphatic carbocycles. The van der Waals surface area contributed by atoms with Crippen molar-refractivity contribution in [1.29, 1.82) is 0 Å². The van der Waals surface area contributed by atoms with Gasteiger partial charge < -0.3 is 10.2 Å². The third kappa shape index (κ3) is 6.61. The number of hydrogen-bond acceptors (Lipinski definition) is 4. The molecule has 3 rings (SSSR count). The minimum atomic E-state index is -4.08. The Bertz CT molecular complexity index is 1350. The van der Waals surface area contributed by atoms with E-state index in [4.69, 9.17) is 0 Å². The van der Waals surface area contributed by atoms with E-state index >= 15 is 0 Å². The fraction of sp³-hybridized carbons (Fsp3) is 0.333. The van der Waals surface area contributed by atoms with Crippen LogP contribution in [-0.4, -0.2) is 44.8 Å². The van der Waals surface area contributed by atoms with E-state index in [1.165, 1.54) is 16.3 Å². The fourth-order valence-electron chi connectivity index (χ4n) is 4.38. The summed E-state index contributed by atoms with van der Waals surface area (Å²) >= 11 is 0. The molecule has 0 saturated heterocycles. The van der Waals surface area contributed by atoms with Crippen LogP contribution in [0.2, 0.25) is 0 Å². The van der Waals surface area contributed by atoms with Crippen molar-refractivity contribution in [2.24, 2.45) is 0 Å². The van der Waals surface area contributed by atoms with Crippen molar-refractivity contribution in [3.63, 3.8) is 0 Å². The second kappa shape index (κ2) is 12.7. The normalized spacial score (nSPS) is 12.0. The van der Waals surface area contributed by atoms with Crippen molar-refractivity contribution in [3.05, 3.63) is 95.1 Å². The third-order valence-corrected chi connectivity index (χ3v) is 8.41. The van der Waals surface area contributed by atoms with E-state index in [0.29, 0.717) is 18.5 Å². The zero-order valence-electron chi connectivity index (χ0n) is 22.8. The van der Waals surface area contributed by atoms with E-state index in [1.54, 1.807) is 36.4 Å². The summed E-state index contributed by atoms with van der Waals surface area (Å²) < 4.78 is 29.1. The van der Waals surface area contributed by atoms with Gasteiger partial charge in [-0.05, 0) is 56.0 Å². The smallest absolute Gasteiger partial charge is 0.264 e. The van der Waals surface area contributed by atoms with E-state index in [2.05, 4.69) is 5.32 Å². The third-order valence-electron chi connectivity index (χ3n) is 6.63. The molecule has 0 spiro atoms. The molecule has 0 radical (unpaired) electrons. The van der Waals surface area contributed by atoms with Gasteiger partial charge in [0.05, 0.1) is 10.6 Å². The van der Waals surface area contributed by atoms with Crippen LogP contribution in [0.4, 0.5) is 5.69 Å². The molecule has 0 aromatic heterocycles. The molecule has 0 saturated carbocycles. The van der Waals surface area contributed by atoms with E-state index in [0.717, 1.165) is 22.3 Å². The summed E-state index contributed by atoms with van der Waals surface area (Å²) in [7, 11) is -2.55. The first kappa shape index (κ1) is 28.9. The number of sulfonamides is 1. The number of benzene rings is 3. The number of nitrogens with zero attached hydrogens (tertiary/aromatic N) is 2. The van der Waals surface area contributed by atoms with Gasteiger partial charge >= 0.3 is 0 Å². The Morgan fingerprint density at radius 1 is 0.868 bits per heavy atom.